The molecule has 0 aliphatic rings. The lowest BCUT2D eigenvalue weighted by Crippen LogP contribution is -2.39. The zero-order valence-electron chi connectivity index (χ0n) is 14.7. The van der Waals surface area contributed by atoms with Gasteiger partial charge in [-0.2, -0.15) is 0 Å². The van der Waals surface area contributed by atoms with E-state index in [0.29, 0.717) is 18.3 Å². The molecule has 5 heteroatoms. The fraction of sp³-hybridized carbons (Fsp3) is 0.368. The van der Waals surface area contributed by atoms with Gasteiger partial charge in [0.25, 0.3) is 0 Å². The summed E-state index contributed by atoms with van der Waals surface area (Å²) in [6.45, 7) is 7.62. The standard InChI is InChI=1S/C19H25N3OS/c1-14-7-5-8-15(2)18(14)21-19(24)22(11-12-23-4)16(3)17-9-6-10-20-13-17/h5-10,13,16H,11-12H2,1-4H3,(H,21,24)/t16-/m1/s1. The Morgan fingerprint density at radius 2 is 1.96 bits per heavy atom. The number of anilines is 1. The van der Waals surface area contributed by atoms with E-state index in [1.807, 2.05) is 12.3 Å². The third-order valence-corrected chi connectivity index (χ3v) is 4.48. The fourth-order valence-electron chi connectivity index (χ4n) is 2.65. The van der Waals surface area contributed by atoms with E-state index < -0.39 is 0 Å². The molecule has 0 spiro atoms. The van der Waals surface area contributed by atoms with Crippen molar-refractivity contribution in [3.63, 3.8) is 0 Å². The highest BCUT2D eigenvalue weighted by atomic mass is 32.1. The van der Waals surface area contributed by atoms with Crippen LogP contribution in [0.3, 0.4) is 0 Å². The van der Waals surface area contributed by atoms with Crippen molar-refractivity contribution in [2.45, 2.75) is 26.8 Å². The molecule has 2 rings (SSSR count). The first-order valence-electron chi connectivity index (χ1n) is 8.07. The van der Waals surface area contributed by atoms with E-state index in [2.05, 4.69) is 60.2 Å². The fourth-order valence-corrected chi connectivity index (χ4v) is 3.01. The third-order valence-electron chi connectivity index (χ3n) is 4.14. The Kier molecular flexibility index (Phi) is 6.70. The number of nitrogens with zero attached hydrogens (tertiary/aromatic N) is 2. The summed E-state index contributed by atoms with van der Waals surface area (Å²) in [7, 11) is 1.70. The molecule has 0 aliphatic heterocycles. The number of ether oxygens (including phenoxy) is 1. The maximum absolute atomic E-state index is 5.71. The number of para-hydroxylation sites is 1. The average Bonchev–Trinajstić information content (AvgIpc) is 2.59. The Balaban J connectivity index is 2.22. The molecule has 0 aliphatic carbocycles. The molecule has 1 aromatic carbocycles. The Morgan fingerprint density at radius 1 is 1.25 bits per heavy atom. The Hall–Kier alpha value is -1.98. The molecule has 2 aromatic rings. The van der Waals surface area contributed by atoms with Crippen LogP contribution in [0.4, 0.5) is 5.69 Å². The quantitative estimate of drug-likeness (QED) is 0.799. The van der Waals surface area contributed by atoms with Crippen LogP contribution in [-0.2, 0) is 4.74 Å². The third kappa shape index (κ3) is 4.52. The van der Waals surface area contributed by atoms with Crippen molar-refractivity contribution in [1.29, 1.82) is 0 Å². The van der Waals surface area contributed by atoms with Crippen molar-refractivity contribution >= 4 is 23.0 Å². The van der Waals surface area contributed by atoms with Crippen LogP contribution in [0.15, 0.2) is 42.7 Å². The summed E-state index contributed by atoms with van der Waals surface area (Å²) in [5, 5.41) is 4.11. The summed E-state index contributed by atoms with van der Waals surface area (Å²) in [6, 6.07) is 10.4. The molecule has 1 aromatic heterocycles. The summed E-state index contributed by atoms with van der Waals surface area (Å²) in [4.78, 5) is 6.36. The molecule has 0 fully saturated rings. The highest BCUT2D eigenvalue weighted by Crippen LogP contribution is 2.23. The zero-order valence-corrected chi connectivity index (χ0v) is 15.6. The van der Waals surface area contributed by atoms with Crippen LogP contribution >= 0.6 is 12.2 Å². The molecule has 0 unspecified atom stereocenters. The molecule has 1 heterocycles. The number of rotatable bonds is 6. The predicted octanol–water partition coefficient (Wildman–Crippen LogP) is 4.10. The monoisotopic (exact) mass is 343 g/mol. The minimum Gasteiger partial charge on any atom is -0.383 e. The largest absolute Gasteiger partial charge is 0.383 e. The first kappa shape index (κ1) is 18.4. The second-order valence-electron chi connectivity index (χ2n) is 5.85. The lowest BCUT2D eigenvalue weighted by molar-refractivity contribution is 0.165. The van der Waals surface area contributed by atoms with Gasteiger partial charge in [0.1, 0.15) is 0 Å². The Morgan fingerprint density at radius 3 is 2.54 bits per heavy atom. The molecule has 1 atom stereocenters. The summed E-state index contributed by atoms with van der Waals surface area (Å²) < 4.78 is 5.26. The van der Waals surface area contributed by atoms with Gasteiger partial charge in [-0.15, -0.1) is 0 Å². The summed E-state index contributed by atoms with van der Waals surface area (Å²) in [5.41, 5.74) is 4.55. The van der Waals surface area contributed by atoms with E-state index in [1.165, 1.54) is 11.1 Å². The van der Waals surface area contributed by atoms with Gasteiger partial charge in [-0.25, -0.2) is 0 Å². The topological polar surface area (TPSA) is 37.4 Å². The maximum atomic E-state index is 5.71. The lowest BCUT2D eigenvalue weighted by atomic mass is 10.1. The number of methoxy groups -OCH3 is 1. The number of benzene rings is 1. The molecule has 0 amide bonds. The first-order valence-corrected chi connectivity index (χ1v) is 8.48. The normalized spacial score (nSPS) is 11.8. The maximum Gasteiger partial charge on any atom is 0.174 e. The van der Waals surface area contributed by atoms with E-state index in [9.17, 15) is 0 Å². The van der Waals surface area contributed by atoms with Crippen LogP contribution in [0, 0.1) is 13.8 Å². The Bertz CT molecular complexity index is 655. The van der Waals surface area contributed by atoms with E-state index in [4.69, 9.17) is 17.0 Å². The number of aryl methyl sites for hydroxylation is 2. The van der Waals surface area contributed by atoms with Gasteiger partial charge < -0.3 is 15.0 Å². The number of nitrogens with one attached hydrogen (secondary N) is 1. The molecule has 0 saturated carbocycles. The number of hydrogen-bond donors (Lipinski definition) is 1. The van der Waals surface area contributed by atoms with Gasteiger partial charge in [0.15, 0.2) is 5.11 Å². The van der Waals surface area contributed by atoms with Crippen LogP contribution < -0.4 is 5.32 Å². The molecule has 0 bridgehead atoms. The van der Waals surface area contributed by atoms with Gasteiger partial charge in [0, 0.05) is 31.7 Å². The smallest absolute Gasteiger partial charge is 0.174 e. The van der Waals surface area contributed by atoms with Crippen LogP contribution in [0.5, 0.6) is 0 Å². The number of pyridine rings is 1. The van der Waals surface area contributed by atoms with Gasteiger partial charge in [0.05, 0.1) is 12.6 Å². The molecule has 128 valence electrons. The molecule has 0 saturated heterocycles. The molecule has 1 N–H and O–H groups in total. The molecule has 24 heavy (non-hydrogen) atoms. The van der Waals surface area contributed by atoms with Crippen molar-refractivity contribution in [2.75, 3.05) is 25.6 Å². The van der Waals surface area contributed by atoms with Crippen LogP contribution in [0.25, 0.3) is 0 Å². The first-order chi connectivity index (χ1) is 11.5. The van der Waals surface area contributed by atoms with E-state index in [0.717, 1.165) is 11.3 Å². The Labute approximate surface area is 149 Å². The summed E-state index contributed by atoms with van der Waals surface area (Å²) in [5.74, 6) is 0. The molecular weight excluding hydrogens is 318 g/mol. The molecule has 0 radical (unpaired) electrons. The van der Waals surface area contributed by atoms with Crippen molar-refractivity contribution in [3.8, 4) is 0 Å². The highest BCUT2D eigenvalue weighted by Gasteiger charge is 2.19. The van der Waals surface area contributed by atoms with Crippen molar-refractivity contribution < 1.29 is 4.74 Å². The van der Waals surface area contributed by atoms with Gasteiger partial charge in [-0.1, -0.05) is 24.3 Å². The van der Waals surface area contributed by atoms with Crippen LogP contribution in [0.2, 0.25) is 0 Å². The second kappa shape index (κ2) is 8.76. The van der Waals surface area contributed by atoms with Crippen molar-refractivity contribution in [1.82, 2.24) is 9.88 Å². The van der Waals surface area contributed by atoms with Crippen molar-refractivity contribution in [2.24, 2.45) is 0 Å². The number of thiocarbonyl (C=S) groups is 1. The minimum atomic E-state index is 0.109. The van der Waals surface area contributed by atoms with Gasteiger partial charge in [-0.3, -0.25) is 4.98 Å². The predicted molar refractivity (Wildman–Crippen MR) is 103 cm³/mol. The zero-order chi connectivity index (χ0) is 17.5. The van der Waals surface area contributed by atoms with Crippen LogP contribution in [0.1, 0.15) is 29.7 Å². The minimum absolute atomic E-state index is 0.109. The number of hydrogen-bond acceptors (Lipinski definition) is 3. The summed E-state index contributed by atoms with van der Waals surface area (Å²) >= 11 is 5.71. The summed E-state index contributed by atoms with van der Waals surface area (Å²) in [6.07, 6.45) is 3.66. The van der Waals surface area contributed by atoms with Gasteiger partial charge >= 0.3 is 0 Å². The van der Waals surface area contributed by atoms with Crippen molar-refractivity contribution in [3.05, 3.63) is 59.4 Å². The van der Waals surface area contributed by atoms with E-state index in [1.54, 1.807) is 13.3 Å². The van der Waals surface area contributed by atoms with Gasteiger partial charge in [-0.05, 0) is 55.7 Å². The van der Waals surface area contributed by atoms with E-state index in [-0.39, 0.29) is 6.04 Å². The molecule has 4 nitrogen and oxygen atoms in total. The SMILES string of the molecule is COCCN(C(=S)Nc1c(C)cccc1C)[C@H](C)c1cccnc1. The van der Waals surface area contributed by atoms with E-state index >= 15 is 0 Å². The average molecular weight is 343 g/mol. The van der Waals surface area contributed by atoms with Gasteiger partial charge in [0.2, 0.25) is 0 Å². The second-order valence-corrected chi connectivity index (χ2v) is 6.23. The highest BCUT2D eigenvalue weighted by molar-refractivity contribution is 7.80. The molecular formula is C19H25N3OS. The van der Waals surface area contributed by atoms with Crippen LogP contribution in [-0.4, -0.2) is 35.3 Å². The lowest BCUT2D eigenvalue weighted by Gasteiger charge is -2.32. The number of aromatic nitrogens is 1.